The number of hydrogen-bond acceptors (Lipinski definition) is 5. The molecule has 0 unspecified atom stereocenters. The largest absolute Gasteiger partial charge is 0.438 e. The number of fused-ring (bicyclic) bond motifs is 1. The molecule has 7 nitrogen and oxygen atoms in total. The summed E-state index contributed by atoms with van der Waals surface area (Å²) in [7, 11) is 0. The molecule has 0 fully saturated rings. The highest BCUT2D eigenvalue weighted by Gasteiger charge is 2.18. The Labute approximate surface area is 209 Å². The average Bonchev–Trinajstić information content (AvgIpc) is 2.85. The Morgan fingerprint density at radius 3 is 2.39 bits per heavy atom. The molecule has 2 heterocycles. The van der Waals surface area contributed by atoms with Crippen molar-refractivity contribution < 1.29 is 9.53 Å². The Bertz CT molecular complexity index is 1550. The second-order valence-electron chi connectivity index (χ2n) is 9.43. The van der Waals surface area contributed by atoms with Gasteiger partial charge in [0.1, 0.15) is 28.6 Å². The van der Waals surface area contributed by atoms with Crippen LogP contribution in [0.5, 0.6) is 11.6 Å². The maximum absolute atomic E-state index is 13.4. The zero-order valence-electron chi connectivity index (χ0n) is 20.6. The molecule has 0 saturated carbocycles. The van der Waals surface area contributed by atoms with E-state index in [0.717, 1.165) is 11.1 Å². The van der Waals surface area contributed by atoms with Gasteiger partial charge in [-0.15, -0.1) is 0 Å². The summed E-state index contributed by atoms with van der Waals surface area (Å²) in [5.74, 6) is -0.155. The minimum Gasteiger partial charge on any atom is -0.438 e. The van der Waals surface area contributed by atoms with Gasteiger partial charge in [0, 0.05) is 11.9 Å². The summed E-state index contributed by atoms with van der Waals surface area (Å²) in [5, 5.41) is 12.4. The lowest BCUT2D eigenvalue weighted by atomic mass is 9.87. The molecule has 4 rings (SSSR count). The normalized spacial score (nSPS) is 11.7. The summed E-state index contributed by atoms with van der Waals surface area (Å²) in [6, 6.07) is 21.7. The van der Waals surface area contributed by atoms with Gasteiger partial charge >= 0.3 is 0 Å². The molecule has 0 saturated heterocycles. The molecule has 2 aromatic heterocycles. The van der Waals surface area contributed by atoms with E-state index in [1.54, 1.807) is 48.7 Å². The van der Waals surface area contributed by atoms with E-state index in [1.807, 2.05) is 37.3 Å². The van der Waals surface area contributed by atoms with Gasteiger partial charge in [-0.05, 0) is 60.4 Å². The number of aryl methyl sites for hydroxylation is 1. The average molecular weight is 479 g/mol. The van der Waals surface area contributed by atoms with Crippen molar-refractivity contribution in [3.05, 3.63) is 106 Å². The summed E-state index contributed by atoms with van der Waals surface area (Å²) in [6.07, 6.45) is 2.79. The molecule has 0 spiro atoms. The van der Waals surface area contributed by atoms with Crippen LogP contribution >= 0.6 is 0 Å². The third-order valence-corrected chi connectivity index (χ3v) is 5.63. The van der Waals surface area contributed by atoms with Crippen LogP contribution in [0, 0.1) is 18.3 Å². The lowest BCUT2D eigenvalue weighted by Crippen LogP contribution is -2.20. The van der Waals surface area contributed by atoms with Crippen molar-refractivity contribution in [1.82, 2.24) is 9.38 Å². The van der Waals surface area contributed by atoms with Crippen LogP contribution in [0.4, 0.5) is 5.69 Å². The number of rotatable bonds is 5. The number of carbonyl (C=O) groups excluding carboxylic acids is 1. The first-order valence-corrected chi connectivity index (χ1v) is 11.5. The van der Waals surface area contributed by atoms with Crippen molar-refractivity contribution in [3.63, 3.8) is 0 Å². The summed E-state index contributed by atoms with van der Waals surface area (Å²) in [6.45, 7) is 8.28. The van der Waals surface area contributed by atoms with Crippen molar-refractivity contribution in [2.75, 3.05) is 5.32 Å². The van der Waals surface area contributed by atoms with Gasteiger partial charge in [0.25, 0.3) is 11.5 Å². The van der Waals surface area contributed by atoms with Crippen LogP contribution < -0.4 is 15.6 Å². The number of nitrogens with one attached hydrogen (secondary N) is 1. The molecule has 0 aliphatic heterocycles. The van der Waals surface area contributed by atoms with Gasteiger partial charge in [-0.25, -0.2) is 0 Å². The minimum atomic E-state index is -0.639. The first kappa shape index (κ1) is 24.4. The van der Waals surface area contributed by atoms with Gasteiger partial charge < -0.3 is 10.1 Å². The fourth-order valence-corrected chi connectivity index (χ4v) is 3.55. The van der Waals surface area contributed by atoms with Crippen LogP contribution in [0.1, 0.15) is 37.5 Å². The van der Waals surface area contributed by atoms with Crippen LogP contribution in [0.25, 0.3) is 11.7 Å². The number of carbonyl (C=O) groups is 1. The molecule has 2 aromatic carbocycles. The van der Waals surface area contributed by atoms with E-state index in [9.17, 15) is 14.9 Å². The van der Waals surface area contributed by atoms with E-state index in [1.165, 1.54) is 10.5 Å². The first-order chi connectivity index (χ1) is 17.2. The molecule has 1 amide bonds. The fraction of sp³-hybridized carbons (Fsp3) is 0.172. The summed E-state index contributed by atoms with van der Waals surface area (Å²) in [5.41, 5.74) is 2.33. The Morgan fingerprint density at radius 2 is 1.75 bits per heavy atom. The van der Waals surface area contributed by atoms with E-state index in [2.05, 4.69) is 31.1 Å². The van der Waals surface area contributed by atoms with E-state index in [-0.39, 0.29) is 22.4 Å². The van der Waals surface area contributed by atoms with Gasteiger partial charge in [-0.2, -0.15) is 10.2 Å². The standard InChI is InChI=1S/C29H26N4O3/c1-19-8-12-22(13-9-19)31-26(34)20(18-30)17-24-27(32-25-7-5-6-16-33(25)28(24)35)36-23-14-10-21(11-15-23)29(2,3)4/h5-17H,1-4H3,(H,31,34)/b20-17+. The van der Waals surface area contributed by atoms with E-state index < -0.39 is 11.5 Å². The summed E-state index contributed by atoms with van der Waals surface area (Å²) < 4.78 is 7.35. The van der Waals surface area contributed by atoms with Crippen LogP contribution in [-0.2, 0) is 10.2 Å². The number of aromatic nitrogens is 2. The lowest BCUT2D eigenvalue weighted by Gasteiger charge is -2.19. The molecule has 4 aromatic rings. The van der Waals surface area contributed by atoms with Gasteiger partial charge in [0.15, 0.2) is 0 Å². The molecule has 0 aliphatic carbocycles. The van der Waals surface area contributed by atoms with Crippen LogP contribution in [-0.4, -0.2) is 15.3 Å². The monoisotopic (exact) mass is 478 g/mol. The molecular formula is C29H26N4O3. The van der Waals surface area contributed by atoms with E-state index >= 15 is 0 Å². The number of hydrogen-bond donors (Lipinski definition) is 1. The summed E-state index contributed by atoms with van der Waals surface area (Å²) in [4.78, 5) is 30.7. The minimum absolute atomic E-state index is 0.00518. The van der Waals surface area contributed by atoms with Crippen molar-refractivity contribution in [3.8, 4) is 17.7 Å². The first-order valence-electron chi connectivity index (χ1n) is 11.5. The summed E-state index contributed by atoms with van der Waals surface area (Å²) >= 11 is 0. The number of nitrogens with zero attached hydrogens (tertiary/aromatic N) is 3. The Kier molecular flexibility index (Phi) is 6.71. The second-order valence-corrected chi connectivity index (χ2v) is 9.43. The quantitative estimate of drug-likeness (QED) is 0.296. The Hall–Kier alpha value is -4.70. The highest BCUT2D eigenvalue weighted by molar-refractivity contribution is 6.09. The molecule has 1 N–H and O–H groups in total. The zero-order chi connectivity index (χ0) is 25.9. The van der Waals surface area contributed by atoms with E-state index in [0.29, 0.717) is 17.1 Å². The lowest BCUT2D eigenvalue weighted by molar-refractivity contribution is -0.112. The van der Waals surface area contributed by atoms with Crippen LogP contribution in [0.15, 0.2) is 83.3 Å². The number of pyridine rings is 1. The molecular weight excluding hydrogens is 452 g/mol. The Balaban J connectivity index is 1.76. The molecule has 36 heavy (non-hydrogen) atoms. The number of ether oxygens (including phenoxy) is 1. The Morgan fingerprint density at radius 1 is 1.06 bits per heavy atom. The van der Waals surface area contributed by atoms with Gasteiger partial charge in [-0.1, -0.05) is 56.7 Å². The third-order valence-electron chi connectivity index (χ3n) is 5.63. The van der Waals surface area contributed by atoms with E-state index in [4.69, 9.17) is 4.74 Å². The smallest absolute Gasteiger partial charge is 0.269 e. The SMILES string of the molecule is Cc1ccc(NC(=O)/C(C#N)=C/c2c(Oc3ccc(C(C)(C)C)cc3)nc3ccccn3c2=O)cc1. The predicted octanol–water partition coefficient (Wildman–Crippen LogP) is 5.64. The fourth-order valence-electron chi connectivity index (χ4n) is 3.55. The predicted molar refractivity (Wildman–Crippen MR) is 140 cm³/mol. The third kappa shape index (κ3) is 5.34. The molecule has 0 bridgehead atoms. The molecule has 0 aliphatic rings. The number of anilines is 1. The second kappa shape index (κ2) is 9.88. The molecule has 7 heteroatoms. The maximum Gasteiger partial charge on any atom is 0.269 e. The van der Waals surface area contributed by atoms with Crippen molar-refractivity contribution in [1.29, 1.82) is 5.26 Å². The highest BCUT2D eigenvalue weighted by Crippen LogP contribution is 2.28. The topological polar surface area (TPSA) is 96.5 Å². The van der Waals surface area contributed by atoms with Gasteiger partial charge in [0.2, 0.25) is 5.88 Å². The number of nitriles is 1. The van der Waals surface area contributed by atoms with Crippen molar-refractivity contribution in [2.24, 2.45) is 0 Å². The van der Waals surface area contributed by atoms with Crippen LogP contribution in [0.2, 0.25) is 0 Å². The van der Waals surface area contributed by atoms with Crippen molar-refractivity contribution >= 4 is 23.3 Å². The molecule has 0 radical (unpaired) electrons. The number of benzene rings is 2. The van der Waals surface area contributed by atoms with Gasteiger partial charge in [-0.3, -0.25) is 14.0 Å². The number of amides is 1. The maximum atomic E-state index is 13.4. The van der Waals surface area contributed by atoms with Gasteiger partial charge in [0.05, 0.1) is 0 Å². The van der Waals surface area contributed by atoms with Crippen molar-refractivity contribution in [2.45, 2.75) is 33.1 Å². The highest BCUT2D eigenvalue weighted by atomic mass is 16.5. The zero-order valence-corrected chi connectivity index (χ0v) is 20.6. The molecule has 180 valence electrons. The molecule has 0 atom stereocenters. The van der Waals surface area contributed by atoms with Crippen LogP contribution in [0.3, 0.4) is 0 Å².